The van der Waals surface area contributed by atoms with E-state index in [1.54, 1.807) is 7.11 Å². The Hall–Kier alpha value is -0.770. The molecule has 0 amide bonds. The third kappa shape index (κ3) is 3.05. The second-order valence-corrected chi connectivity index (χ2v) is 6.69. The maximum absolute atomic E-state index is 6.41. The minimum absolute atomic E-state index is 0.351. The number of imidazole rings is 1. The van der Waals surface area contributed by atoms with Crippen LogP contribution in [0.25, 0.3) is 11.0 Å². The molecule has 0 N–H and O–H groups in total. The third-order valence-corrected chi connectivity index (χ3v) is 4.90. The van der Waals surface area contributed by atoms with Crippen molar-refractivity contribution < 1.29 is 4.74 Å². The molecule has 1 aliphatic carbocycles. The van der Waals surface area contributed by atoms with E-state index in [1.807, 2.05) is 18.2 Å². The van der Waals surface area contributed by atoms with Crippen LogP contribution in [0.3, 0.4) is 0 Å². The molecule has 3 rings (SSSR count). The molecule has 0 radical (unpaired) electrons. The molecule has 0 unspecified atom stereocenters. The summed E-state index contributed by atoms with van der Waals surface area (Å²) in [5.74, 6) is 1.61. The van der Waals surface area contributed by atoms with Gasteiger partial charge >= 0.3 is 0 Å². The number of aromatic nitrogens is 2. The average molecular weight is 327 g/mol. The molecule has 1 saturated carbocycles. The van der Waals surface area contributed by atoms with Gasteiger partial charge in [-0.3, -0.25) is 0 Å². The normalized spacial score (nSPS) is 16.5. The zero-order valence-corrected chi connectivity index (χ0v) is 13.8. The van der Waals surface area contributed by atoms with E-state index in [1.165, 1.54) is 12.8 Å². The van der Waals surface area contributed by atoms with E-state index < -0.39 is 0 Å². The fourth-order valence-electron chi connectivity index (χ4n) is 2.95. The average Bonchev–Trinajstić information content (AvgIpc) is 3.15. The van der Waals surface area contributed by atoms with E-state index >= 15 is 0 Å². The fraction of sp³-hybridized carbons (Fsp3) is 0.562. The van der Waals surface area contributed by atoms with E-state index in [9.17, 15) is 0 Å². The molecule has 114 valence electrons. The first kappa shape index (κ1) is 15.1. The molecule has 0 bridgehead atoms. The zero-order chi connectivity index (χ0) is 14.9. The molecule has 1 aromatic heterocycles. The quantitative estimate of drug-likeness (QED) is 0.710. The van der Waals surface area contributed by atoms with Gasteiger partial charge in [-0.2, -0.15) is 0 Å². The Kier molecular flexibility index (Phi) is 4.43. The maximum Gasteiger partial charge on any atom is 0.111 e. The first-order valence-corrected chi connectivity index (χ1v) is 8.29. The lowest BCUT2D eigenvalue weighted by atomic mass is 10.0. The molecule has 2 aromatic rings. The number of alkyl halides is 1. The van der Waals surface area contributed by atoms with Gasteiger partial charge in [-0.05, 0) is 36.8 Å². The summed E-state index contributed by atoms with van der Waals surface area (Å²) in [7, 11) is 1.76. The Morgan fingerprint density at radius 1 is 1.38 bits per heavy atom. The van der Waals surface area contributed by atoms with Crippen LogP contribution in [0.2, 0.25) is 5.02 Å². The topological polar surface area (TPSA) is 27.1 Å². The number of nitrogens with zero attached hydrogens (tertiary/aromatic N) is 2. The number of aryl methyl sites for hydroxylation is 1. The lowest BCUT2D eigenvalue weighted by Gasteiger charge is -2.18. The van der Waals surface area contributed by atoms with Gasteiger partial charge < -0.3 is 9.30 Å². The van der Waals surface area contributed by atoms with Crippen LogP contribution in [0.4, 0.5) is 0 Å². The monoisotopic (exact) mass is 326 g/mol. The third-order valence-electron chi connectivity index (χ3n) is 4.40. The van der Waals surface area contributed by atoms with Crippen LogP contribution in [0, 0.1) is 5.41 Å². The van der Waals surface area contributed by atoms with Crippen molar-refractivity contribution in [3.05, 3.63) is 29.0 Å². The van der Waals surface area contributed by atoms with Gasteiger partial charge in [-0.15, -0.1) is 11.6 Å². The fourth-order valence-corrected chi connectivity index (χ4v) is 3.39. The summed E-state index contributed by atoms with van der Waals surface area (Å²) in [5, 5.41) is 0.767. The second-order valence-electron chi connectivity index (χ2n) is 5.90. The number of hydrogen-bond acceptors (Lipinski definition) is 2. The van der Waals surface area contributed by atoms with Crippen molar-refractivity contribution in [1.82, 2.24) is 9.55 Å². The highest BCUT2D eigenvalue weighted by atomic mass is 35.5. The summed E-state index contributed by atoms with van der Waals surface area (Å²) < 4.78 is 7.53. The second kappa shape index (κ2) is 6.15. The lowest BCUT2D eigenvalue weighted by Crippen LogP contribution is -2.16. The molecule has 0 saturated heterocycles. The molecule has 0 spiro atoms. The number of para-hydroxylation sites is 1. The number of benzene rings is 1. The number of methoxy groups -OCH3 is 1. The van der Waals surface area contributed by atoms with E-state index in [2.05, 4.69) is 4.57 Å². The van der Waals surface area contributed by atoms with Gasteiger partial charge in [0.15, 0.2) is 0 Å². The van der Waals surface area contributed by atoms with Crippen LogP contribution in [-0.2, 0) is 17.7 Å². The Bertz CT molecular complexity index is 634. The zero-order valence-electron chi connectivity index (χ0n) is 12.2. The summed E-state index contributed by atoms with van der Waals surface area (Å²) in [4.78, 5) is 4.72. The lowest BCUT2D eigenvalue weighted by molar-refractivity contribution is 0.167. The van der Waals surface area contributed by atoms with Crippen molar-refractivity contribution in [1.29, 1.82) is 0 Å². The smallest absolute Gasteiger partial charge is 0.111 e. The Morgan fingerprint density at radius 3 is 2.86 bits per heavy atom. The molecule has 1 fully saturated rings. The van der Waals surface area contributed by atoms with Gasteiger partial charge in [-0.25, -0.2) is 4.98 Å². The van der Waals surface area contributed by atoms with Crippen molar-refractivity contribution >= 4 is 34.2 Å². The molecule has 0 atom stereocenters. The Balaban J connectivity index is 1.97. The largest absolute Gasteiger partial charge is 0.385 e. The van der Waals surface area contributed by atoms with Crippen LogP contribution in [-0.4, -0.2) is 29.1 Å². The van der Waals surface area contributed by atoms with Crippen LogP contribution < -0.4 is 0 Å². The van der Waals surface area contributed by atoms with Crippen molar-refractivity contribution in [3.8, 4) is 0 Å². The van der Waals surface area contributed by atoms with Crippen LogP contribution >= 0.6 is 23.2 Å². The number of hydrogen-bond donors (Lipinski definition) is 0. The molecule has 3 nitrogen and oxygen atoms in total. The number of halogens is 2. The molecule has 1 heterocycles. The highest BCUT2D eigenvalue weighted by Gasteiger charge is 2.43. The summed E-state index contributed by atoms with van der Waals surface area (Å²) in [6.07, 6.45) is 4.36. The van der Waals surface area contributed by atoms with Gasteiger partial charge in [0.05, 0.1) is 16.1 Å². The van der Waals surface area contributed by atoms with E-state index in [0.29, 0.717) is 11.3 Å². The van der Waals surface area contributed by atoms with E-state index in [4.69, 9.17) is 32.9 Å². The first-order valence-electron chi connectivity index (χ1n) is 7.38. The van der Waals surface area contributed by atoms with Crippen molar-refractivity contribution in [2.45, 2.75) is 32.2 Å². The van der Waals surface area contributed by atoms with Crippen molar-refractivity contribution in [2.24, 2.45) is 5.41 Å². The van der Waals surface area contributed by atoms with E-state index in [0.717, 1.165) is 47.9 Å². The molecule has 21 heavy (non-hydrogen) atoms. The standard InChI is InChI=1S/C16H20Cl2N2O/c1-21-10-8-16(6-7-16)11-20-14(5-9-17)19-13-4-2-3-12(18)15(13)20/h2-4H,5-11H2,1H3. The van der Waals surface area contributed by atoms with Crippen LogP contribution in [0.15, 0.2) is 18.2 Å². The maximum atomic E-state index is 6.41. The van der Waals surface area contributed by atoms with Crippen LogP contribution in [0.1, 0.15) is 25.1 Å². The minimum atomic E-state index is 0.351. The highest BCUT2D eigenvalue weighted by molar-refractivity contribution is 6.35. The summed E-state index contributed by atoms with van der Waals surface area (Å²) in [5.41, 5.74) is 2.36. The van der Waals surface area contributed by atoms with Gasteiger partial charge in [0.25, 0.3) is 0 Å². The molecule has 1 aromatic carbocycles. The van der Waals surface area contributed by atoms with E-state index in [-0.39, 0.29) is 0 Å². The summed E-state index contributed by atoms with van der Waals surface area (Å²) >= 11 is 12.4. The molecule has 0 aliphatic heterocycles. The van der Waals surface area contributed by atoms with Crippen molar-refractivity contribution in [2.75, 3.05) is 19.6 Å². The predicted octanol–water partition coefficient (Wildman–Crippen LogP) is 4.29. The first-order chi connectivity index (χ1) is 10.2. The number of rotatable bonds is 7. The molecule has 1 aliphatic rings. The van der Waals surface area contributed by atoms with Crippen molar-refractivity contribution in [3.63, 3.8) is 0 Å². The molecular formula is C16H20Cl2N2O. The van der Waals surface area contributed by atoms with Gasteiger partial charge in [-0.1, -0.05) is 17.7 Å². The summed E-state index contributed by atoms with van der Waals surface area (Å²) in [6, 6.07) is 5.90. The molecular weight excluding hydrogens is 307 g/mol. The Labute approximate surface area is 135 Å². The summed E-state index contributed by atoms with van der Waals surface area (Å²) in [6.45, 7) is 1.77. The van der Waals surface area contributed by atoms with Crippen LogP contribution in [0.5, 0.6) is 0 Å². The highest BCUT2D eigenvalue weighted by Crippen LogP contribution is 2.51. The van der Waals surface area contributed by atoms with Gasteiger partial charge in [0.1, 0.15) is 5.82 Å². The van der Waals surface area contributed by atoms with Gasteiger partial charge in [0.2, 0.25) is 0 Å². The minimum Gasteiger partial charge on any atom is -0.385 e. The number of fused-ring (bicyclic) bond motifs is 1. The predicted molar refractivity (Wildman–Crippen MR) is 87.3 cm³/mol. The number of ether oxygens (including phenoxy) is 1. The van der Waals surface area contributed by atoms with Gasteiger partial charge in [0, 0.05) is 32.6 Å². The Morgan fingerprint density at radius 2 is 2.19 bits per heavy atom. The molecule has 5 heteroatoms. The SMILES string of the molecule is COCCC1(Cn2c(CCCl)nc3cccc(Cl)c32)CC1.